The quantitative estimate of drug-likeness (QED) is 0.133. The number of carboxylic acids is 1. The Hall–Kier alpha value is 0.990. The van der Waals surface area contributed by atoms with Crippen molar-refractivity contribution in [1.82, 2.24) is 0 Å². The average molecular weight is 510 g/mol. The number of carboxylic acid groups (broad SMARTS) is 1. The Morgan fingerprint density at radius 1 is 0.950 bits per heavy atom. The maximum absolute atomic E-state index is 10.6. The number of carbonyl (C=O) groups is 1. The molecule has 0 amide bonds. The van der Waals surface area contributed by atoms with Gasteiger partial charge in [-0.2, -0.15) is 0 Å². The molecular formula is C16H31IO2Te. The molecule has 2 nitrogen and oxygen atoms in total. The molecule has 0 saturated carbocycles. The minimum absolute atomic E-state index is 0.186. The fraction of sp³-hybridized carbons (Fsp3) is 0.938. The molecule has 0 heterocycles. The molecule has 1 N–H and O–H groups in total. The summed E-state index contributed by atoms with van der Waals surface area (Å²) < 4.78 is 2.84. The maximum atomic E-state index is 10.6. The van der Waals surface area contributed by atoms with Gasteiger partial charge in [0.05, 0.1) is 0 Å². The van der Waals surface area contributed by atoms with Crippen LogP contribution in [-0.2, 0) is 4.79 Å². The molecule has 0 radical (unpaired) electrons. The van der Waals surface area contributed by atoms with Crippen molar-refractivity contribution in [2.45, 2.75) is 90.4 Å². The van der Waals surface area contributed by atoms with E-state index >= 15 is 0 Å². The van der Waals surface area contributed by atoms with Crippen LogP contribution in [0.2, 0.25) is 8.94 Å². The summed E-state index contributed by atoms with van der Waals surface area (Å²) in [5.74, 6) is -0.656. The molecule has 0 aliphatic carbocycles. The van der Waals surface area contributed by atoms with E-state index in [1.807, 2.05) is 22.6 Å². The SMILES string of the molecule is CCCCCCCC[Te]CCCCCCC(I)C(=O)O. The van der Waals surface area contributed by atoms with Crippen LogP contribution in [0.5, 0.6) is 0 Å². The summed E-state index contributed by atoms with van der Waals surface area (Å²) in [6, 6.07) is 0. The number of halogens is 1. The number of unbranched alkanes of at least 4 members (excludes halogenated alkanes) is 8. The van der Waals surface area contributed by atoms with E-state index in [2.05, 4.69) is 6.92 Å². The van der Waals surface area contributed by atoms with E-state index in [1.165, 1.54) is 66.7 Å². The van der Waals surface area contributed by atoms with Crippen LogP contribution in [-0.4, -0.2) is 35.9 Å². The van der Waals surface area contributed by atoms with Crippen LogP contribution in [0.25, 0.3) is 0 Å². The fourth-order valence-electron chi connectivity index (χ4n) is 2.09. The third kappa shape index (κ3) is 15.4. The van der Waals surface area contributed by atoms with Crippen molar-refractivity contribution in [3.8, 4) is 0 Å². The summed E-state index contributed by atoms with van der Waals surface area (Å²) in [4.78, 5) is 10.6. The zero-order chi connectivity index (χ0) is 15.1. The van der Waals surface area contributed by atoms with Gasteiger partial charge in [-0.1, -0.05) is 0 Å². The second kappa shape index (κ2) is 16.4. The van der Waals surface area contributed by atoms with Gasteiger partial charge in [-0.25, -0.2) is 0 Å². The van der Waals surface area contributed by atoms with Gasteiger partial charge in [0.2, 0.25) is 0 Å². The van der Waals surface area contributed by atoms with E-state index in [4.69, 9.17) is 5.11 Å². The molecule has 0 rings (SSSR count). The Morgan fingerprint density at radius 2 is 1.45 bits per heavy atom. The summed E-state index contributed by atoms with van der Waals surface area (Å²) in [5, 5.41) is 8.77. The zero-order valence-corrected chi connectivity index (χ0v) is 17.4. The molecule has 0 fully saturated rings. The van der Waals surface area contributed by atoms with Gasteiger partial charge >= 0.3 is 150 Å². The number of aliphatic carboxylic acids is 1. The van der Waals surface area contributed by atoms with Gasteiger partial charge in [0.15, 0.2) is 0 Å². The van der Waals surface area contributed by atoms with Crippen molar-refractivity contribution in [2.24, 2.45) is 0 Å². The minimum atomic E-state index is -0.656. The number of hydrogen-bond acceptors (Lipinski definition) is 1. The van der Waals surface area contributed by atoms with Crippen LogP contribution in [0.3, 0.4) is 0 Å². The third-order valence-electron chi connectivity index (χ3n) is 3.41. The molecule has 0 bridgehead atoms. The van der Waals surface area contributed by atoms with Gasteiger partial charge in [0, 0.05) is 0 Å². The zero-order valence-electron chi connectivity index (χ0n) is 12.9. The monoisotopic (exact) mass is 512 g/mol. The van der Waals surface area contributed by atoms with Crippen molar-refractivity contribution in [1.29, 1.82) is 0 Å². The summed E-state index contributed by atoms with van der Waals surface area (Å²) >= 11 is 2.32. The van der Waals surface area contributed by atoms with E-state index in [0.29, 0.717) is 0 Å². The second-order valence-electron chi connectivity index (χ2n) is 5.39. The van der Waals surface area contributed by atoms with Crippen LogP contribution < -0.4 is 0 Å². The first kappa shape index (κ1) is 21.0. The fourth-order valence-corrected chi connectivity index (χ4v) is 5.44. The van der Waals surface area contributed by atoms with Crippen molar-refractivity contribution >= 4 is 49.5 Å². The standard InChI is InChI=1S/C16H31IO2Te/c1-2-3-4-5-7-10-13-20-14-11-8-6-9-12-15(17)16(18)19/h15H,2-14H2,1H3,(H,18,19). The molecule has 0 aromatic heterocycles. The number of rotatable bonds is 15. The van der Waals surface area contributed by atoms with Crippen LogP contribution in [0.1, 0.15) is 77.6 Å². The molecule has 0 aromatic carbocycles. The Labute approximate surface area is 149 Å². The van der Waals surface area contributed by atoms with E-state index in [1.54, 1.807) is 0 Å². The molecule has 0 aromatic rings. The average Bonchev–Trinajstić information content (AvgIpc) is 2.43. The van der Waals surface area contributed by atoms with Gasteiger partial charge in [-0.05, 0) is 0 Å². The Morgan fingerprint density at radius 3 is 2.00 bits per heavy atom. The molecule has 0 aliphatic heterocycles. The summed E-state index contributed by atoms with van der Waals surface area (Å²) in [7, 11) is 0. The predicted molar refractivity (Wildman–Crippen MR) is 97.3 cm³/mol. The predicted octanol–water partition coefficient (Wildman–Crippen LogP) is 5.73. The van der Waals surface area contributed by atoms with Crippen molar-refractivity contribution in [3.63, 3.8) is 0 Å². The van der Waals surface area contributed by atoms with Crippen molar-refractivity contribution < 1.29 is 9.90 Å². The van der Waals surface area contributed by atoms with E-state index < -0.39 is 5.97 Å². The van der Waals surface area contributed by atoms with E-state index in [9.17, 15) is 4.79 Å². The first-order chi connectivity index (χ1) is 9.68. The van der Waals surface area contributed by atoms with Gasteiger partial charge in [0.1, 0.15) is 0 Å². The second-order valence-corrected chi connectivity index (χ2v) is 10.4. The van der Waals surface area contributed by atoms with Crippen LogP contribution in [0.15, 0.2) is 0 Å². The van der Waals surface area contributed by atoms with Crippen molar-refractivity contribution in [3.05, 3.63) is 0 Å². The Bertz CT molecular complexity index is 225. The molecule has 1 atom stereocenters. The Balaban J connectivity index is 3.04. The van der Waals surface area contributed by atoms with Gasteiger partial charge in [0.25, 0.3) is 0 Å². The topological polar surface area (TPSA) is 37.3 Å². The molecule has 4 heteroatoms. The third-order valence-corrected chi connectivity index (χ3v) is 7.86. The number of hydrogen-bond donors (Lipinski definition) is 1. The summed E-state index contributed by atoms with van der Waals surface area (Å²) in [5.41, 5.74) is 0. The molecule has 0 spiro atoms. The van der Waals surface area contributed by atoms with Crippen molar-refractivity contribution in [2.75, 3.05) is 0 Å². The van der Waals surface area contributed by atoms with E-state index in [-0.39, 0.29) is 24.8 Å². The first-order valence-electron chi connectivity index (χ1n) is 8.13. The van der Waals surface area contributed by atoms with Crippen LogP contribution in [0.4, 0.5) is 0 Å². The van der Waals surface area contributed by atoms with Gasteiger partial charge in [-0.15, -0.1) is 0 Å². The van der Waals surface area contributed by atoms with Gasteiger partial charge in [-0.3, -0.25) is 0 Å². The molecule has 120 valence electrons. The van der Waals surface area contributed by atoms with E-state index in [0.717, 1.165) is 12.8 Å². The van der Waals surface area contributed by atoms with Crippen LogP contribution >= 0.6 is 22.6 Å². The molecule has 0 saturated heterocycles. The molecule has 1 unspecified atom stereocenters. The Kier molecular flexibility index (Phi) is 17.2. The number of alkyl halides is 1. The molecule has 0 aliphatic rings. The molecular weight excluding hydrogens is 479 g/mol. The van der Waals surface area contributed by atoms with Crippen LogP contribution in [0, 0.1) is 0 Å². The first-order valence-corrected chi connectivity index (χ1v) is 12.7. The molecule has 20 heavy (non-hydrogen) atoms. The summed E-state index contributed by atoms with van der Waals surface area (Å²) in [6.45, 7) is 2.27. The van der Waals surface area contributed by atoms with Gasteiger partial charge < -0.3 is 0 Å². The normalized spacial score (nSPS) is 12.5. The summed E-state index contributed by atoms with van der Waals surface area (Å²) in [6.07, 6.45) is 14.4.